The predicted octanol–water partition coefficient (Wildman–Crippen LogP) is 5.92. The van der Waals surface area contributed by atoms with Crippen molar-refractivity contribution in [1.82, 2.24) is 0 Å². The van der Waals surface area contributed by atoms with E-state index in [1.165, 1.54) is 27.7 Å². The van der Waals surface area contributed by atoms with E-state index in [4.69, 9.17) is 18.9 Å². The Morgan fingerprint density at radius 1 is 0.528 bits per heavy atom. The van der Waals surface area contributed by atoms with Gasteiger partial charge in [-0.3, -0.25) is 19.2 Å². The van der Waals surface area contributed by atoms with Crippen LogP contribution in [0.2, 0.25) is 0 Å². The second kappa shape index (κ2) is 11.4. The first kappa shape index (κ1) is 28.6. The van der Waals surface area contributed by atoms with Crippen molar-refractivity contribution in [2.24, 2.45) is 0 Å². The van der Waals surface area contributed by atoms with Gasteiger partial charge in [0, 0.05) is 49.9 Å². The Kier molecular flexibility index (Phi) is 9.02. The number of esters is 4. The fourth-order valence-electron chi connectivity index (χ4n) is 3.95. The molecule has 8 nitrogen and oxygen atoms in total. The van der Waals surface area contributed by atoms with E-state index >= 15 is 0 Å². The van der Waals surface area contributed by atoms with Crippen molar-refractivity contribution in [3.63, 3.8) is 0 Å². The van der Waals surface area contributed by atoms with E-state index in [1.807, 2.05) is 39.8 Å². The fourth-order valence-corrected chi connectivity index (χ4v) is 3.95. The second-order valence-electron chi connectivity index (χ2n) is 9.28. The Bertz CT molecular complexity index is 1130. The van der Waals surface area contributed by atoms with Crippen molar-refractivity contribution in [3.8, 4) is 34.1 Å². The van der Waals surface area contributed by atoms with Gasteiger partial charge < -0.3 is 18.9 Å². The highest BCUT2D eigenvalue weighted by molar-refractivity contribution is 5.85. The quantitative estimate of drug-likeness (QED) is 0.342. The lowest BCUT2D eigenvalue weighted by atomic mass is 9.87. The van der Waals surface area contributed by atoms with Gasteiger partial charge in [0.15, 0.2) is 23.0 Å². The van der Waals surface area contributed by atoms with Crippen molar-refractivity contribution in [2.45, 2.75) is 81.1 Å². The lowest BCUT2D eigenvalue weighted by Gasteiger charge is -2.24. The molecule has 8 heteroatoms. The molecular weight excluding hydrogens is 464 g/mol. The molecule has 0 saturated carbocycles. The van der Waals surface area contributed by atoms with Crippen molar-refractivity contribution in [2.75, 3.05) is 0 Å². The van der Waals surface area contributed by atoms with Crippen LogP contribution in [0.4, 0.5) is 0 Å². The van der Waals surface area contributed by atoms with E-state index in [0.717, 1.165) is 0 Å². The molecule has 0 atom stereocenters. The number of hydrogen-bond donors (Lipinski definition) is 0. The van der Waals surface area contributed by atoms with Gasteiger partial charge in [0.05, 0.1) is 0 Å². The Balaban J connectivity index is 3.07. The highest BCUT2D eigenvalue weighted by Crippen LogP contribution is 2.49. The highest BCUT2D eigenvalue weighted by atomic mass is 16.6. The summed E-state index contributed by atoms with van der Waals surface area (Å²) in [6.45, 7) is 16.3. The van der Waals surface area contributed by atoms with Crippen LogP contribution >= 0.6 is 0 Å². The second-order valence-corrected chi connectivity index (χ2v) is 9.28. The molecule has 2 rings (SSSR count). The summed E-state index contributed by atoms with van der Waals surface area (Å²) in [5, 5.41) is 0. The Labute approximate surface area is 211 Å². The Hall–Kier alpha value is -3.68. The zero-order valence-electron chi connectivity index (χ0n) is 22.6. The van der Waals surface area contributed by atoms with Crippen molar-refractivity contribution < 1.29 is 38.1 Å². The molecule has 0 aliphatic heterocycles. The molecule has 2 aromatic carbocycles. The average Bonchev–Trinajstić information content (AvgIpc) is 2.72. The predicted molar refractivity (Wildman–Crippen MR) is 135 cm³/mol. The van der Waals surface area contributed by atoms with Gasteiger partial charge in [-0.1, -0.05) is 27.7 Å². The van der Waals surface area contributed by atoms with Crippen LogP contribution in [0.25, 0.3) is 11.1 Å². The molecule has 0 saturated heterocycles. The first-order valence-electron chi connectivity index (χ1n) is 11.7. The summed E-state index contributed by atoms with van der Waals surface area (Å²) >= 11 is 0. The standard InChI is InChI=1S/C28H34O8/c1-13(2)21-11-23(15(5)25(33-17(7)29)27(21)35-19(9)31)24-12-22(14(3)4)28(36-20(10)32)26(16(24)6)34-18(8)30/h11-14H,1-10H3. The largest absolute Gasteiger partial charge is 0.422 e. The van der Waals surface area contributed by atoms with Gasteiger partial charge in [0.2, 0.25) is 0 Å². The van der Waals surface area contributed by atoms with Crippen LogP contribution in [-0.2, 0) is 19.2 Å². The smallest absolute Gasteiger partial charge is 0.308 e. The van der Waals surface area contributed by atoms with Gasteiger partial charge in [-0.15, -0.1) is 0 Å². The van der Waals surface area contributed by atoms with Gasteiger partial charge in [-0.05, 0) is 48.9 Å². The minimum atomic E-state index is -0.566. The van der Waals surface area contributed by atoms with Crippen LogP contribution in [0.5, 0.6) is 23.0 Å². The average molecular weight is 499 g/mol. The van der Waals surface area contributed by atoms with Gasteiger partial charge in [0.25, 0.3) is 0 Å². The molecule has 194 valence electrons. The molecule has 0 heterocycles. The summed E-state index contributed by atoms with van der Waals surface area (Å²) in [5.74, 6) is -1.74. The number of ether oxygens (including phenoxy) is 4. The molecule has 0 aliphatic carbocycles. The van der Waals surface area contributed by atoms with E-state index in [9.17, 15) is 19.2 Å². The molecule has 0 unspecified atom stereocenters. The molecule has 36 heavy (non-hydrogen) atoms. The monoisotopic (exact) mass is 498 g/mol. The number of rotatable bonds is 7. The minimum absolute atomic E-state index is 0.0915. The number of carbonyl (C=O) groups excluding carboxylic acids is 4. The molecule has 0 N–H and O–H groups in total. The van der Waals surface area contributed by atoms with Crippen LogP contribution in [0.1, 0.15) is 89.5 Å². The van der Waals surface area contributed by atoms with Crippen LogP contribution in [-0.4, -0.2) is 23.9 Å². The maximum absolute atomic E-state index is 12.0. The zero-order chi connectivity index (χ0) is 27.5. The summed E-state index contributed by atoms with van der Waals surface area (Å²) in [6, 6.07) is 3.75. The van der Waals surface area contributed by atoms with Crippen LogP contribution in [0.3, 0.4) is 0 Å². The molecular formula is C28H34O8. The maximum Gasteiger partial charge on any atom is 0.308 e. The number of carbonyl (C=O) groups is 4. The van der Waals surface area contributed by atoms with E-state index in [-0.39, 0.29) is 34.8 Å². The molecule has 0 amide bonds. The normalized spacial score (nSPS) is 10.9. The minimum Gasteiger partial charge on any atom is -0.422 e. The van der Waals surface area contributed by atoms with Gasteiger partial charge >= 0.3 is 23.9 Å². The third-order valence-electron chi connectivity index (χ3n) is 5.54. The Morgan fingerprint density at radius 2 is 0.778 bits per heavy atom. The van der Waals surface area contributed by atoms with Crippen molar-refractivity contribution in [3.05, 3.63) is 34.4 Å². The summed E-state index contributed by atoms with van der Waals surface area (Å²) in [4.78, 5) is 47.8. The lowest BCUT2D eigenvalue weighted by molar-refractivity contribution is -0.134. The van der Waals surface area contributed by atoms with E-state index in [2.05, 4.69) is 0 Å². The topological polar surface area (TPSA) is 105 Å². The Morgan fingerprint density at radius 3 is 1.00 bits per heavy atom. The summed E-state index contributed by atoms with van der Waals surface area (Å²) in [7, 11) is 0. The summed E-state index contributed by atoms with van der Waals surface area (Å²) < 4.78 is 22.1. The van der Waals surface area contributed by atoms with Gasteiger partial charge in [0.1, 0.15) is 0 Å². The van der Waals surface area contributed by atoms with Crippen molar-refractivity contribution >= 4 is 23.9 Å². The fraction of sp³-hybridized carbons (Fsp3) is 0.429. The van der Waals surface area contributed by atoms with E-state index in [1.54, 1.807) is 13.8 Å². The van der Waals surface area contributed by atoms with Gasteiger partial charge in [-0.25, -0.2) is 0 Å². The molecule has 0 radical (unpaired) electrons. The van der Waals surface area contributed by atoms with E-state index < -0.39 is 23.9 Å². The summed E-state index contributed by atoms with van der Waals surface area (Å²) in [6.07, 6.45) is 0. The summed E-state index contributed by atoms with van der Waals surface area (Å²) in [5.41, 5.74) is 3.80. The first-order chi connectivity index (χ1) is 16.6. The zero-order valence-corrected chi connectivity index (χ0v) is 22.6. The lowest BCUT2D eigenvalue weighted by Crippen LogP contribution is -2.13. The molecule has 0 fully saturated rings. The third-order valence-corrected chi connectivity index (χ3v) is 5.54. The third kappa shape index (κ3) is 6.30. The molecule has 0 aromatic heterocycles. The number of hydrogen-bond acceptors (Lipinski definition) is 8. The highest BCUT2D eigenvalue weighted by Gasteiger charge is 2.28. The van der Waals surface area contributed by atoms with Crippen LogP contribution in [0, 0.1) is 13.8 Å². The van der Waals surface area contributed by atoms with Crippen LogP contribution in [0.15, 0.2) is 12.1 Å². The maximum atomic E-state index is 12.0. The molecule has 2 aromatic rings. The molecule has 0 bridgehead atoms. The molecule has 0 aliphatic rings. The SMILES string of the molecule is CC(=O)Oc1c(C(C)C)cc(-c2cc(C(C)C)c(OC(C)=O)c(OC(C)=O)c2C)c(C)c1OC(C)=O. The van der Waals surface area contributed by atoms with Crippen molar-refractivity contribution in [1.29, 1.82) is 0 Å². The molecule has 0 spiro atoms. The first-order valence-corrected chi connectivity index (χ1v) is 11.7. The van der Waals surface area contributed by atoms with Gasteiger partial charge in [-0.2, -0.15) is 0 Å². The number of benzene rings is 2. The van der Waals surface area contributed by atoms with E-state index in [0.29, 0.717) is 33.4 Å². The van der Waals surface area contributed by atoms with Crippen LogP contribution < -0.4 is 18.9 Å².